The highest BCUT2D eigenvalue weighted by Crippen LogP contribution is 2.22. The molecule has 0 bridgehead atoms. The number of fused-ring (bicyclic) bond motifs is 1. The third kappa shape index (κ3) is 1.54. The molecule has 0 saturated heterocycles. The summed E-state index contributed by atoms with van der Waals surface area (Å²) in [4.78, 5) is 9.05. The second-order valence-electron chi connectivity index (χ2n) is 3.83. The van der Waals surface area contributed by atoms with Gasteiger partial charge in [0, 0.05) is 0 Å². The third-order valence-electron chi connectivity index (χ3n) is 2.78. The van der Waals surface area contributed by atoms with Crippen LogP contribution < -0.4 is 0 Å². The van der Waals surface area contributed by atoms with Gasteiger partial charge < -0.3 is 4.42 Å². The van der Waals surface area contributed by atoms with Gasteiger partial charge in [-0.2, -0.15) is 0 Å². The Kier molecular flexibility index (Phi) is 2.02. The van der Waals surface area contributed by atoms with Crippen LogP contribution in [0.2, 0.25) is 0 Å². The van der Waals surface area contributed by atoms with Gasteiger partial charge >= 0.3 is 0 Å². The topological polar surface area (TPSA) is 38.9 Å². The molecular weight excluding hydrogens is 188 g/mol. The summed E-state index contributed by atoms with van der Waals surface area (Å²) >= 11 is 0. The summed E-state index contributed by atoms with van der Waals surface area (Å²) < 4.78 is 5.31. The molecule has 0 saturated carbocycles. The van der Waals surface area contributed by atoms with Crippen LogP contribution in [-0.2, 0) is 12.8 Å². The number of rotatable bonds is 1. The number of aryl methyl sites for hydroxylation is 2. The molecule has 76 valence electrons. The van der Waals surface area contributed by atoms with Crippen LogP contribution in [0.3, 0.4) is 0 Å². The van der Waals surface area contributed by atoms with E-state index in [1.807, 2.05) is 18.3 Å². The van der Waals surface area contributed by atoms with Gasteiger partial charge in [-0.3, -0.25) is 4.98 Å². The summed E-state index contributed by atoms with van der Waals surface area (Å²) in [6, 6.07) is 3.79. The van der Waals surface area contributed by atoms with Gasteiger partial charge in [-0.05, 0) is 37.8 Å². The van der Waals surface area contributed by atoms with E-state index in [2.05, 4.69) is 9.97 Å². The van der Waals surface area contributed by atoms with Crippen LogP contribution in [0.15, 0.2) is 29.0 Å². The van der Waals surface area contributed by atoms with Crippen molar-refractivity contribution in [2.45, 2.75) is 25.7 Å². The zero-order valence-electron chi connectivity index (χ0n) is 8.44. The first-order chi connectivity index (χ1) is 7.43. The van der Waals surface area contributed by atoms with E-state index in [1.54, 1.807) is 6.26 Å². The molecule has 0 unspecified atom stereocenters. The number of aromatic nitrogens is 2. The van der Waals surface area contributed by atoms with Crippen LogP contribution in [0, 0.1) is 0 Å². The Labute approximate surface area is 88.2 Å². The van der Waals surface area contributed by atoms with Crippen molar-refractivity contribution in [3.63, 3.8) is 0 Å². The van der Waals surface area contributed by atoms with Gasteiger partial charge in [0.15, 0.2) is 5.76 Å². The van der Waals surface area contributed by atoms with Gasteiger partial charge in [-0.1, -0.05) is 0 Å². The second kappa shape index (κ2) is 3.50. The van der Waals surface area contributed by atoms with E-state index in [-0.39, 0.29) is 0 Å². The standard InChI is InChI=1S/C12H12N2O/c1-2-5-10-9(4-1)13-8-11(14-10)12-6-3-7-15-12/h3,6-8H,1-2,4-5H2. The van der Waals surface area contributed by atoms with E-state index in [4.69, 9.17) is 4.42 Å². The molecular formula is C12H12N2O. The lowest BCUT2D eigenvalue weighted by molar-refractivity contribution is 0.577. The average molecular weight is 200 g/mol. The molecule has 2 aromatic heterocycles. The van der Waals surface area contributed by atoms with Crippen molar-refractivity contribution in [2.24, 2.45) is 0 Å². The van der Waals surface area contributed by atoms with E-state index >= 15 is 0 Å². The zero-order chi connectivity index (χ0) is 10.1. The summed E-state index contributed by atoms with van der Waals surface area (Å²) in [6.07, 6.45) is 8.06. The van der Waals surface area contributed by atoms with Crippen LogP contribution >= 0.6 is 0 Å². The molecule has 0 spiro atoms. The highest BCUT2D eigenvalue weighted by atomic mass is 16.3. The minimum absolute atomic E-state index is 0.802. The number of hydrogen-bond acceptors (Lipinski definition) is 3. The Morgan fingerprint density at radius 2 is 2.00 bits per heavy atom. The van der Waals surface area contributed by atoms with Crippen LogP contribution in [0.4, 0.5) is 0 Å². The zero-order valence-corrected chi connectivity index (χ0v) is 8.44. The molecule has 3 heteroatoms. The first-order valence-corrected chi connectivity index (χ1v) is 5.32. The quantitative estimate of drug-likeness (QED) is 0.710. The lowest BCUT2D eigenvalue weighted by Crippen LogP contribution is -2.08. The van der Waals surface area contributed by atoms with Crippen LogP contribution in [0.25, 0.3) is 11.5 Å². The Morgan fingerprint density at radius 1 is 1.13 bits per heavy atom. The molecule has 3 nitrogen and oxygen atoms in total. The molecule has 2 aromatic rings. The first kappa shape index (κ1) is 8.65. The maximum atomic E-state index is 5.31. The lowest BCUT2D eigenvalue weighted by Gasteiger charge is -2.13. The monoisotopic (exact) mass is 200 g/mol. The molecule has 0 aromatic carbocycles. The van der Waals surface area contributed by atoms with Crippen LogP contribution in [0.1, 0.15) is 24.2 Å². The SMILES string of the molecule is c1coc(-c2cnc3c(n2)CCCC3)c1. The van der Waals surface area contributed by atoms with Crippen molar-refractivity contribution in [1.29, 1.82) is 0 Å². The molecule has 0 radical (unpaired) electrons. The molecule has 15 heavy (non-hydrogen) atoms. The molecule has 1 aliphatic carbocycles. The lowest BCUT2D eigenvalue weighted by atomic mass is 10.0. The van der Waals surface area contributed by atoms with Gasteiger partial charge in [-0.25, -0.2) is 4.98 Å². The summed E-state index contributed by atoms with van der Waals surface area (Å²) in [5.74, 6) is 0.802. The minimum Gasteiger partial charge on any atom is -0.463 e. The van der Waals surface area contributed by atoms with Crippen LogP contribution in [-0.4, -0.2) is 9.97 Å². The van der Waals surface area contributed by atoms with Crippen molar-refractivity contribution in [1.82, 2.24) is 9.97 Å². The Balaban J connectivity index is 2.04. The normalized spacial score (nSPS) is 14.9. The second-order valence-corrected chi connectivity index (χ2v) is 3.83. The minimum atomic E-state index is 0.802. The van der Waals surface area contributed by atoms with Gasteiger partial charge in [0.05, 0.1) is 23.8 Å². The Bertz CT molecular complexity index is 462. The maximum Gasteiger partial charge on any atom is 0.153 e. The van der Waals surface area contributed by atoms with Gasteiger partial charge in [0.2, 0.25) is 0 Å². The highest BCUT2D eigenvalue weighted by molar-refractivity contribution is 5.50. The molecule has 2 heterocycles. The number of hydrogen-bond donors (Lipinski definition) is 0. The van der Waals surface area contributed by atoms with Crippen molar-refractivity contribution in [3.8, 4) is 11.5 Å². The smallest absolute Gasteiger partial charge is 0.153 e. The predicted molar refractivity (Wildman–Crippen MR) is 56.4 cm³/mol. The Hall–Kier alpha value is -1.64. The summed E-state index contributed by atoms with van der Waals surface area (Å²) in [5, 5.41) is 0. The van der Waals surface area contributed by atoms with E-state index < -0.39 is 0 Å². The third-order valence-corrected chi connectivity index (χ3v) is 2.78. The summed E-state index contributed by atoms with van der Waals surface area (Å²) in [5.41, 5.74) is 3.16. The van der Waals surface area contributed by atoms with Crippen molar-refractivity contribution >= 4 is 0 Å². The van der Waals surface area contributed by atoms with Crippen molar-refractivity contribution in [3.05, 3.63) is 36.0 Å². The fourth-order valence-corrected chi connectivity index (χ4v) is 1.99. The summed E-state index contributed by atoms with van der Waals surface area (Å²) in [6.45, 7) is 0. The molecule has 0 aliphatic heterocycles. The fraction of sp³-hybridized carbons (Fsp3) is 0.333. The Morgan fingerprint density at radius 3 is 2.80 bits per heavy atom. The highest BCUT2D eigenvalue weighted by Gasteiger charge is 2.13. The molecule has 1 aliphatic rings. The van der Waals surface area contributed by atoms with Gasteiger partial charge in [-0.15, -0.1) is 0 Å². The molecule has 0 fully saturated rings. The fourth-order valence-electron chi connectivity index (χ4n) is 1.99. The maximum absolute atomic E-state index is 5.31. The van der Waals surface area contributed by atoms with E-state index in [0.717, 1.165) is 35.7 Å². The predicted octanol–water partition coefficient (Wildman–Crippen LogP) is 2.62. The average Bonchev–Trinajstić information content (AvgIpc) is 2.82. The van der Waals surface area contributed by atoms with Gasteiger partial charge in [0.25, 0.3) is 0 Å². The van der Waals surface area contributed by atoms with Crippen molar-refractivity contribution in [2.75, 3.05) is 0 Å². The number of furan rings is 1. The number of nitrogens with zero attached hydrogens (tertiary/aromatic N) is 2. The largest absolute Gasteiger partial charge is 0.463 e. The molecule has 0 N–H and O–H groups in total. The molecule has 0 atom stereocenters. The molecule has 0 amide bonds. The van der Waals surface area contributed by atoms with Gasteiger partial charge in [0.1, 0.15) is 5.69 Å². The summed E-state index contributed by atoms with van der Waals surface area (Å²) in [7, 11) is 0. The van der Waals surface area contributed by atoms with E-state index in [0.29, 0.717) is 0 Å². The van der Waals surface area contributed by atoms with Crippen LogP contribution in [0.5, 0.6) is 0 Å². The first-order valence-electron chi connectivity index (χ1n) is 5.32. The molecule has 3 rings (SSSR count). The van der Waals surface area contributed by atoms with E-state index in [1.165, 1.54) is 12.8 Å². The van der Waals surface area contributed by atoms with E-state index in [9.17, 15) is 0 Å². The van der Waals surface area contributed by atoms with Crippen molar-refractivity contribution < 1.29 is 4.42 Å².